The van der Waals surface area contributed by atoms with E-state index in [1.54, 1.807) is 28.6 Å². The van der Waals surface area contributed by atoms with Crippen LogP contribution in [0.4, 0.5) is 4.79 Å². The van der Waals surface area contributed by atoms with Crippen molar-refractivity contribution in [2.75, 3.05) is 20.3 Å². The number of hydroxylamine groups is 2. The summed E-state index contributed by atoms with van der Waals surface area (Å²) in [7, 11) is 1.46. The van der Waals surface area contributed by atoms with Gasteiger partial charge in [-0.1, -0.05) is 41.9 Å². The van der Waals surface area contributed by atoms with Crippen LogP contribution >= 0.6 is 22.9 Å². The maximum atomic E-state index is 13.7. The molecule has 172 valence electrons. The normalized spacial score (nSPS) is 15.1. The highest BCUT2D eigenvalue weighted by Crippen LogP contribution is 2.42. The quantitative estimate of drug-likeness (QED) is 0.497. The molecule has 3 aromatic rings. The molecule has 0 saturated heterocycles. The van der Waals surface area contributed by atoms with E-state index >= 15 is 0 Å². The van der Waals surface area contributed by atoms with E-state index in [0.717, 1.165) is 16.1 Å². The molecule has 0 bridgehead atoms. The summed E-state index contributed by atoms with van der Waals surface area (Å²) in [6.45, 7) is 0.162. The molecule has 0 fully saturated rings. The number of ether oxygens (including phenoxy) is 1. The number of carboxylic acids is 1. The highest BCUT2D eigenvalue weighted by molar-refractivity contribution is 7.09. The van der Waals surface area contributed by atoms with Gasteiger partial charge in [-0.15, -0.1) is 11.3 Å². The zero-order valence-electron chi connectivity index (χ0n) is 17.8. The van der Waals surface area contributed by atoms with Crippen LogP contribution in [-0.2, 0) is 22.6 Å². The number of carbonyl (C=O) groups is 2. The fourth-order valence-corrected chi connectivity index (χ4v) is 4.96. The summed E-state index contributed by atoms with van der Waals surface area (Å²) in [6.07, 6.45) is 0.593. The second kappa shape index (κ2) is 10.2. The van der Waals surface area contributed by atoms with Crippen molar-refractivity contribution in [1.82, 2.24) is 14.9 Å². The second-order valence-electron chi connectivity index (χ2n) is 7.36. The molecule has 2 aromatic carbocycles. The zero-order valence-corrected chi connectivity index (χ0v) is 19.4. The van der Waals surface area contributed by atoms with Gasteiger partial charge >= 0.3 is 12.0 Å². The van der Waals surface area contributed by atoms with E-state index in [9.17, 15) is 9.59 Å². The molecule has 2 amide bonds. The van der Waals surface area contributed by atoms with E-state index < -0.39 is 18.6 Å². The number of urea groups is 1. The molecule has 1 aliphatic rings. The molecular formula is C23H22ClN3O5S. The lowest BCUT2D eigenvalue weighted by Crippen LogP contribution is -2.47. The van der Waals surface area contributed by atoms with Crippen LogP contribution in [0.5, 0.6) is 5.75 Å². The smallest absolute Gasteiger partial charge is 0.345 e. The number of rotatable bonds is 7. The summed E-state index contributed by atoms with van der Waals surface area (Å²) < 4.78 is 5.55. The number of hydrogen-bond acceptors (Lipinski definition) is 6. The van der Waals surface area contributed by atoms with Gasteiger partial charge in [-0.3, -0.25) is 4.84 Å². The minimum absolute atomic E-state index is 0.271. The van der Waals surface area contributed by atoms with Gasteiger partial charge < -0.3 is 14.7 Å². The van der Waals surface area contributed by atoms with Crippen LogP contribution in [0.3, 0.4) is 0 Å². The van der Waals surface area contributed by atoms with Gasteiger partial charge in [0.05, 0.1) is 35.8 Å². The summed E-state index contributed by atoms with van der Waals surface area (Å²) in [5.41, 5.74) is 4.16. The molecule has 0 saturated carbocycles. The Bertz CT molecular complexity index is 1140. The fraction of sp³-hybridized carbons (Fsp3) is 0.261. The number of aromatic nitrogens is 1. The number of carbonyl (C=O) groups excluding carboxylic acids is 1. The van der Waals surface area contributed by atoms with Gasteiger partial charge in [0.15, 0.2) is 6.61 Å². The Morgan fingerprint density at radius 2 is 2.06 bits per heavy atom. The number of halogens is 1. The van der Waals surface area contributed by atoms with Crippen LogP contribution in [0, 0.1) is 0 Å². The van der Waals surface area contributed by atoms with Crippen LogP contribution in [0.2, 0.25) is 5.02 Å². The first kappa shape index (κ1) is 23.0. The average molecular weight is 488 g/mol. The van der Waals surface area contributed by atoms with Crippen molar-refractivity contribution >= 4 is 34.9 Å². The summed E-state index contributed by atoms with van der Waals surface area (Å²) in [5, 5.41) is 10.8. The molecule has 10 heteroatoms. The van der Waals surface area contributed by atoms with Crippen molar-refractivity contribution in [2.45, 2.75) is 19.0 Å². The SMILES string of the molecule is CON(Cc1ccccc1)C(=O)N1CCc2ncsc2C1c1cc(Cl)ccc1OCC(=O)O. The van der Waals surface area contributed by atoms with E-state index in [2.05, 4.69) is 4.98 Å². The van der Waals surface area contributed by atoms with Gasteiger partial charge in [0.2, 0.25) is 0 Å². The Morgan fingerprint density at radius 1 is 1.27 bits per heavy atom. The van der Waals surface area contributed by atoms with Gasteiger partial charge in [-0.05, 0) is 23.8 Å². The number of benzene rings is 2. The minimum Gasteiger partial charge on any atom is -0.482 e. The number of amides is 2. The predicted octanol–water partition coefficient (Wildman–Crippen LogP) is 4.39. The third-order valence-corrected chi connectivity index (χ3v) is 6.45. The fourth-order valence-electron chi connectivity index (χ4n) is 3.81. The first-order valence-electron chi connectivity index (χ1n) is 10.2. The lowest BCUT2D eigenvalue weighted by Gasteiger charge is -2.38. The molecule has 1 aromatic heterocycles. The maximum absolute atomic E-state index is 13.7. The van der Waals surface area contributed by atoms with E-state index in [1.165, 1.54) is 23.5 Å². The van der Waals surface area contributed by atoms with E-state index in [-0.39, 0.29) is 12.6 Å². The lowest BCUT2D eigenvalue weighted by atomic mass is 9.97. The Kier molecular flexibility index (Phi) is 7.12. The number of nitrogens with zero attached hydrogens (tertiary/aromatic N) is 3. The van der Waals surface area contributed by atoms with Crippen molar-refractivity contribution in [3.8, 4) is 5.75 Å². The number of fused-ring (bicyclic) bond motifs is 1. The topological polar surface area (TPSA) is 92.2 Å². The van der Waals surface area contributed by atoms with Crippen LogP contribution in [0.15, 0.2) is 54.0 Å². The zero-order chi connectivity index (χ0) is 23.4. The van der Waals surface area contributed by atoms with Crippen LogP contribution < -0.4 is 4.74 Å². The van der Waals surface area contributed by atoms with E-state index in [4.69, 9.17) is 26.3 Å². The van der Waals surface area contributed by atoms with E-state index in [1.807, 2.05) is 30.3 Å². The summed E-state index contributed by atoms with van der Waals surface area (Å²) in [4.78, 5) is 37.2. The molecule has 1 N–H and O–H groups in total. The molecule has 33 heavy (non-hydrogen) atoms. The van der Waals surface area contributed by atoms with Crippen LogP contribution in [0.1, 0.15) is 27.7 Å². The van der Waals surface area contributed by atoms with Gasteiger partial charge in [-0.2, -0.15) is 5.06 Å². The number of hydrogen-bond donors (Lipinski definition) is 1. The second-order valence-corrected chi connectivity index (χ2v) is 8.68. The highest BCUT2D eigenvalue weighted by atomic mass is 35.5. The van der Waals surface area contributed by atoms with Crippen LogP contribution in [0.25, 0.3) is 0 Å². The summed E-state index contributed by atoms with van der Waals surface area (Å²) in [6, 6.07) is 13.6. The van der Waals surface area contributed by atoms with Crippen molar-refractivity contribution in [3.05, 3.63) is 80.8 Å². The third-order valence-electron chi connectivity index (χ3n) is 5.29. The molecule has 1 aliphatic heterocycles. The molecular weight excluding hydrogens is 466 g/mol. The monoisotopic (exact) mass is 487 g/mol. The first-order chi connectivity index (χ1) is 16.0. The first-order valence-corrected chi connectivity index (χ1v) is 11.5. The van der Waals surface area contributed by atoms with Crippen molar-refractivity contribution in [1.29, 1.82) is 0 Å². The summed E-state index contributed by atoms with van der Waals surface area (Å²) in [5.74, 6) is -0.753. The maximum Gasteiger partial charge on any atom is 0.345 e. The molecule has 0 radical (unpaired) electrons. The Balaban J connectivity index is 1.72. The van der Waals surface area contributed by atoms with Crippen molar-refractivity contribution in [3.63, 3.8) is 0 Å². The van der Waals surface area contributed by atoms with E-state index in [0.29, 0.717) is 29.3 Å². The predicted molar refractivity (Wildman–Crippen MR) is 123 cm³/mol. The van der Waals surface area contributed by atoms with Gasteiger partial charge in [0, 0.05) is 23.6 Å². The van der Waals surface area contributed by atoms with Gasteiger partial charge in [-0.25, -0.2) is 14.6 Å². The van der Waals surface area contributed by atoms with Crippen LogP contribution in [-0.4, -0.2) is 52.3 Å². The largest absolute Gasteiger partial charge is 0.482 e. The Hall–Kier alpha value is -3.14. The van der Waals surface area contributed by atoms with Crippen molar-refractivity contribution < 1.29 is 24.3 Å². The number of carboxylic acid groups (broad SMARTS) is 1. The number of aliphatic carboxylic acids is 1. The molecule has 0 aliphatic carbocycles. The molecule has 4 rings (SSSR count). The van der Waals surface area contributed by atoms with Crippen molar-refractivity contribution in [2.24, 2.45) is 0 Å². The minimum atomic E-state index is -1.10. The summed E-state index contributed by atoms with van der Waals surface area (Å²) >= 11 is 7.73. The third kappa shape index (κ3) is 5.11. The van der Waals surface area contributed by atoms with Gasteiger partial charge in [0.1, 0.15) is 5.75 Å². The highest BCUT2D eigenvalue weighted by Gasteiger charge is 2.38. The molecule has 2 heterocycles. The Labute approximate surface area is 199 Å². The lowest BCUT2D eigenvalue weighted by molar-refractivity contribution is -0.139. The average Bonchev–Trinajstić information content (AvgIpc) is 3.30. The molecule has 1 atom stereocenters. The standard InChI is InChI=1S/C23H22ClN3O5S/c1-31-27(12-15-5-3-2-4-6-15)23(30)26-10-9-18-22(33-14-25-18)21(26)17-11-16(24)7-8-19(17)32-13-20(28)29/h2-8,11,14,21H,9-10,12-13H2,1H3,(H,28,29). The Morgan fingerprint density at radius 3 is 2.79 bits per heavy atom. The van der Waals surface area contributed by atoms with Gasteiger partial charge in [0.25, 0.3) is 0 Å². The molecule has 0 spiro atoms. The molecule has 8 nitrogen and oxygen atoms in total. The number of thiazole rings is 1. The molecule has 1 unspecified atom stereocenters.